The van der Waals surface area contributed by atoms with Crippen molar-refractivity contribution in [3.8, 4) is 5.75 Å². The summed E-state index contributed by atoms with van der Waals surface area (Å²) < 4.78 is 4.98. The first-order valence-corrected chi connectivity index (χ1v) is 8.60. The van der Waals surface area contributed by atoms with E-state index in [1.54, 1.807) is 55.5 Å². The lowest BCUT2D eigenvalue weighted by molar-refractivity contribution is -0.131. The number of hydrogen-bond acceptors (Lipinski definition) is 6. The van der Waals surface area contributed by atoms with Crippen LogP contribution in [0.5, 0.6) is 5.75 Å². The molecule has 0 radical (unpaired) electrons. The number of nitrogens with one attached hydrogen (secondary N) is 1. The van der Waals surface area contributed by atoms with Crippen molar-refractivity contribution in [2.45, 2.75) is 26.3 Å². The first-order chi connectivity index (χ1) is 13.4. The van der Waals surface area contributed by atoms with Crippen molar-refractivity contribution >= 4 is 29.3 Å². The molecule has 28 heavy (non-hydrogen) atoms. The van der Waals surface area contributed by atoms with E-state index in [0.717, 1.165) is 10.5 Å². The molecule has 1 fully saturated rings. The molecule has 3 rings (SSSR count). The molecule has 0 aliphatic carbocycles. The third-order valence-corrected chi connectivity index (χ3v) is 4.34. The van der Waals surface area contributed by atoms with Gasteiger partial charge in [-0.1, -0.05) is 29.4 Å². The van der Waals surface area contributed by atoms with Crippen molar-refractivity contribution in [1.82, 2.24) is 5.32 Å². The summed E-state index contributed by atoms with van der Waals surface area (Å²) in [4.78, 5) is 37.1. The Morgan fingerprint density at radius 1 is 1.11 bits per heavy atom. The van der Waals surface area contributed by atoms with Gasteiger partial charge in [-0.05, 0) is 42.3 Å². The zero-order valence-corrected chi connectivity index (χ0v) is 15.4. The van der Waals surface area contributed by atoms with E-state index < -0.39 is 18.0 Å². The van der Waals surface area contributed by atoms with Gasteiger partial charge in [-0.25, -0.2) is 9.69 Å². The highest BCUT2D eigenvalue weighted by Gasteiger charge is 2.38. The van der Waals surface area contributed by atoms with E-state index in [1.807, 2.05) is 0 Å². The Morgan fingerprint density at radius 3 is 2.32 bits per heavy atom. The van der Waals surface area contributed by atoms with E-state index in [-0.39, 0.29) is 5.91 Å². The van der Waals surface area contributed by atoms with Gasteiger partial charge in [0.05, 0.1) is 11.4 Å². The second kappa shape index (κ2) is 7.91. The zero-order valence-electron chi connectivity index (χ0n) is 15.4. The molecule has 1 heterocycles. The largest absolute Gasteiger partial charge is 0.427 e. The van der Waals surface area contributed by atoms with Crippen molar-refractivity contribution in [2.24, 2.45) is 5.16 Å². The Balaban J connectivity index is 1.72. The summed E-state index contributed by atoms with van der Waals surface area (Å²) in [6.45, 7) is 2.96. The van der Waals surface area contributed by atoms with Gasteiger partial charge < -0.3 is 15.3 Å². The molecular weight excluding hydrogens is 362 g/mol. The van der Waals surface area contributed by atoms with E-state index in [0.29, 0.717) is 29.1 Å². The molecule has 1 atom stereocenters. The monoisotopic (exact) mass is 381 g/mol. The zero-order chi connectivity index (χ0) is 20.3. The molecule has 144 valence electrons. The van der Waals surface area contributed by atoms with Gasteiger partial charge in [-0.15, -0.1) is 0 Å². The molecule has 2 N–H and O–H groups in total. The first-order valence-electron chi connectivity index (χ1n) is 8.60. The Kier molecular flexibility index (Phi) is 5.39. The van der Waals surface area contributed by atoms with Crippen LogP contribution < -0.4 is 15.0 Å². The van der Waals surface area contributed by atoms with Crippen LogP contribution in [0, 0.1) is 0 Å². The molecule has 2 aromatic carbocycles. The number of imide groups is 1. The number of ether oxygens (including phenoxy) is 1. The molecule has 1 aliphatic heterocycles. The van der Waals surface area contributed by atoms with Gasteiger partial charge in [-0.2, -0.15) is 0 Å². The van der Waals surface area contributed by atoms with Crippen molar-refractivity contribution < 1.29 is 24.3 Å². The molecule has 1 unspecified atom stereocenters. The van der Waals surface area contributed by atoms with Crippen LogP contribution in [0.1, 0.15) is 25.0 Å². The summed E-state index contributed by atoms with van der Waals surface area (Å²) in [5.74, 6) is -0.344. The number of rotatable bonds is 5. The highest BCUT2D eigenvalue weighted by Crippen LogP contribution is 2.22. The average molecular weight is 381 g/mol. The molecule has 0 aromatic heterocycles. The van der Waals surface area contributed by atoms with Crippen LogP contribution in [0.15, 0.2) is 53.7 Å². The fourth-order valence-corrected chi connectivity index (χ4v) is 2.92. The van der Waals surface area contributed by atoms with Gasteiger partial charge >= 0.3 is 12.0 Å². The normalized spacial score (nSPS) is 16.9. The molecule has 1 aliphatic rings. The Bertz CT molecular complexity index is 935. The quantitative estimate of drug-likeness (QED) is 0.207. The SMILES string of the molecule is CC(=O)Oc1ccc(CC2NC(=O)N(c3ccc(/C(C)=N/O)cc3)C2=O)cc1. The molecule has 1 saturated heterocycles. The number of urea groups is 1. The van der Waals surface area contributed by atoms with Crippen molar-refractivity contribution in [3.05, 3.63) is 59.7 Å². The summed E-state index contributed by atoms with van der Waals surface area (Å²) >= 11 is 0. The fraction of sp³-hybridized carbons (Fsp3) is 0.200. The van der Waals surface area contributed by atoms with Crippen molar-refractivity contribution in [1.29, 1.82) is 0 Å². The number of anilines is 1. The van der Waals surface area contributed by atoms with E-state index in [9.17, 15) is 14.4 Å². The minimum atomic E-state index is -0.688. The summed E-state index contributed by atoms with van der Waals surface area (Å²) in [6.07, 6.45) is 0.315. The number of benzene rings is 2. The predicted octanol–water partition coefficient (Wildman–Crippen LogP) is 2.48. The van der Waals surface area contributed by atoms with Gasteiger partial charge in [0.25, 0.3) is 5.91 Å². The second-order valence-electron chi connectivity index (χ2n) is 6.35. The van der Waals surface area contributed by atoms with Crippen molar-refractivity contribution in [3.63, 3.8) is 0 Å². The molecule has 0 bridgehead atoms. The number of esters is 1. The molecule has 0 saturated carbocycles. The highest BCUT2D eigenvalue weighted by molar-refractivity contribution is 6.21. The van der Waals surface area contributed by atoms with Crippen LogP contribution >= 0.6 is 0 Å². The van der Waals surface area contributed by atoms with Crippen molar-refractivity contribution in [2.75, 3.05) is 4.90 Å². The van der Waals surface area contributed by atoms with Crippen LogP contribution in [0.2, 0.25) is 0 Å². The van der Waals surface area contributed by atoms with Crippen LogP contribution in [-0.2, 0) is 16.0 Å². The van der Waals surface area contributed by atoms with E-state index in [4.69, 9.17) is 9.94 Å². The topological polar surface area (TPSA) is 108 Å². The third-order valence-electron chi connectivity index (χ3n) is 4.34. The maximum Gasteiger partial charge on any atom is 0.329 e. The van der Waals surface area contributed by atoms with Gasteiger partial charge in [0.15, 0.2) is 0 Å². The Labute approximate surface area is 161 Å². The van der Waals surface area contributed by atoms with E-state index in [1.165, 1.54) is 6.92 Å². The second-order valence-corrected chi connectivity index (χ2v) is 6.35. The number of hydrogen-bond donors (Lipinski definition) is 2. The molecular formula is C20H19N3O5. The lowest BCUT2D eigenvalue weighted by Crippen LogP contribution is -2.32. The van der Waals surface area contributed by atoms with Crippen LogP contribution in [0.4, 0.5) is 10.5 Å². The Morgan fingerprint density at radius 2 is 1.75 bits per heavy atom. The summed E-state index contributed by atoms with van der Waals surface area (Å²) in [5.41, 5.74) is 2.37. The summed E-state index contributed by atoms with van der Waals surface area (Å²) in [6, 6.07) is 12.2. The average Bonchev–Trinajstić information content (AvgIpc) is 2.95. The standard InChI is InChI=1S/C20H19N3O5/c1-12(22-27)15-5-7-16(8-6-15)23-19(25)18(21-20(23)26)11-14-3-9-17(10-4-14)28-13(2)24/h3-10,18,27H,11H2,1-2H3,(H,21,26)/b22-12+. The van der Waals surface area contributed by atoms with Gasteiger partial charge in [0, 0.05) is 13.3 Å². The van der Waals surface area contributed by atoms with Gasteiger partial charge in [0.2, 0.25) is 0 Å². The number of nitrogens with zero attached hydrogens (tertiary/aromatic N) is 2. The first kappa shape index (κ1) is 19.1. The minimum Gasteiger partial charge on any atom is -0.427 e. The van der Waals surface area contributed by atoms with Crippen LogP contribution in [-0.4, -0.2) is 34.9 Å². The Hall–Kier alpha value is -3.68. The van der Waals surface area contributed by atoms with E-state index in [2.05, 4.69) is 10.5 Å². The lowest BCUT2D eigenvalue weighted by atomic mass is 10.1. The fourth-order valence-electron chi connectivity index (χ4n) is 2.92. The van der Waals surface area contributed by atoms with Crippen LogP contribution in [0.3, 0.4) is 0 Å². The number of amides is 3. The molecule has 2 aromatic rings. The summed E-state index contributed by atoms with van der Waals surface area (Å²) in [5, 5.41) is 14.6. The molecule has 8 nitrogen and oxygen atoms in total. The van der Waals surface area contributed by atoms with Crippen LogP contribution in [0.25, 0.3) is 0 Å². The van der Waals surface area contributed by atoms with Gasteiger partial charge in [-0.3, -0.25) is 9.59 Å². The lowest BCUT2D eigenvalue weighted by Gasteiger charge is -2.13. The minimum absolute atomic E-state index is 0.315. The number of carbonyl (C=O) groups is 3. The highest BCUT2D eigenvalue weighted by atomic mass is 16.5. The van der Waals surface area contributed by atoms with E-state index >= 15 is 0 Å². The molecule has 3 amide bonds. The maximum atomic E-state index is 12.7. The summed E-state index contributed by atoms with van der Waals surface area (Å²) in [7, 11) is 0. The molecule has 0 spiro atoms. The smallest absolute Gasteiger partial charge is 0.329 e. The maximum absolute atomic E-state index is 12.7. The third kappa shape index (κ3) is 4.01. The predicted molar refractivity (Wildman–Crippen MR) is 102 cm³/mol. The van der Waals surface area contributed by atoms with Gasteiger partial charge in [0.1, 0.15) is 11.8 Å². The number of carbonyl (C=O) groups excluding carboxylic acids is 3. The molecule has 8 heteroatoms. The number of oxime groups is 1.